The van der Waals surface area contributed by atoms with Crippen LogP contribution in [0.4, 0.5) is 0 Å². The summed E-state index contributed by atoms with van der Waals surface area (Å²) in [6, 6.07) is 1.63. The van der Waals surface area contributed by atoms with E-state index in [2.05, 4.69) is 20.5 Å². The number of H-pyrrole nitrogens is 1. The molecule has 0 aliphatic heterocycles. The fourth-order valence-corrected chi connectivity index (χ4v) is 0.679. The van der Waals surface area contributed by atoms with Gasteiger partial charge >= 0.3 is 0 Å². The molecule has 0 saturated heterocycles. The summed E-state index contributed by atoms with van der Waals surface area (Å²) in [6.45, 7) is 1.82. The van der Waals surface area contributed by atoms with Gasteiger partial charge in [-0.25, -0.2) is 5.48 Å². The smallest absolute Gasteiger partial charge is 0.282 e. The molecule has 11 heavy (non-hydrogen) atoms. The first-order valence-electron chi connectivity index (χ1n) is 3.09. The molecule has 0 aliphatic rings. The molecule has 1 heterocycles. The Hall–Kier alpha value is -1.36. The lowest BCUT2D eigenvalue weighted by Gasteiger charge is -1.95. The minimum Gasteiger partial charge on any atom is -0.282 e. The Balaban J connectivity index is 2.69. The van der Waals surface area contributed by atoms with Gasteiger partial charge in [0.2, 0.25) is 0 Å². The summed E-state index contributed by atoms with van der Waals surface area (Å²) in [5.41, 5.74) is 3.32. The summed E-state index contributed by atoms with van der Waals surface area (Å²) < 4.78 is 0. The van der Waals surface area contributed by atoms with Crippen molar-refractivity contribution >= 4 is 5.91 Å². The number of aryl methyl sites for hydroxylation is 1. The molecule has 0 unspecified atom stereocenters. The van der Waals surface area contributed by atoms with Crippen molar-refractivity contribution in [2.24, 2.45) is 0 Å². The summed E-state index contributed by atoms with van der Waals surface area (Å²) in [7, 11) is 1.37. The third kappa shape index (κ3) is 1.78. The second-order valence-corrected chi connectivity index (χ2v) is 2.07. The number of amides is 1. The van der Waals surface area contributed by atoms with Crippen LogP contribution in [0.3, 0.4) is 0 Å². The van der Waals surface area contributed by atoms with Crippen molar-refractivity contribution in [2.45, 2.75) is 6.92 Å². The van der Waals surface area contributed by atoms with Crippen LogP contribution in [0.25, 0.3) is 0 Å². The molecule has 2 N–H and O–H groups in total. The van der Waals surface area contributed by atoms with Crippen molar-refractivity contribution < 1.29 is 9.63 Å². The number of aromatic amines is 1. The van der Waals surface area contributed by atoms with E-state index >= 15 is 0 Å². The number of hydrogen-bond donors (Lipinski definition) is 2. The van der Waals surface area contributed by atoms with Crippen molar-refractivity contribution in [1.82, 2.24) is 15.7 Å². The summed E-state index contributed by atoms with van der Waals surface area (Å²) in [5, 5.41) is 6.36. The van der Waals surface area contributed by atoms with E-state index in [4.69, 9.17) is 0 Å². The van der Waals surface area contributed by atoms with E-state index in [0.717, 1.165) is 5.69 Å². The molecule has 1 aromatic heterocycles. The number of aromatic nitrogens is 2. The van der Waals surface area contributed by atoms with Gasteiger partial charge in [0.1, 0.15) is 0 Å². The van der Waals surface area contributed by atoms with Gasteiger partial charge in [-0.1, -0.05) is 0 Å². The lowest BCUT2D eigenvalue weighted by molar-refractivity contribution is 0.0532. The largest absolute Gasteiger partial charge is 0.295 e. The molecule has 0 saturated carbocycles. The lowest BCUT2D eigenvalue weighted by Crippen LogP contribution is -2.22. The van der Waals surface area contributed by atoms with Gasteiger partial charge in [0, 0.05) is 5.69 Å². The van der Waals surface area contributed by atoms with Crippen molar-refractivity contribution in [3.8, 4) is 0 Å². The molecule has 1 aromatic rings. The molecule has 0 fully saturated rings. The Morgan fingerprint density at radius 3 is 3.00 bits per heavy atom. The molecule has 5 heteroatoms. The maximum Gasteiger partial charge on any atom is 0.295 e. The maximum atomic E-state index is 10.9. The highest BCUT2D eigenvalue weighted by atomic mass is 16.6. The van der Waals surface area contributed by atoms with E-state index in [1.54, 1.807) is 6.07 Å². The van der Waals surface area contributed by atoms with Crippen LogP contribution >= 0.6 is 0 Å². The molecule has 5 nitrogen and oxygen atoms in total. The standard InChI is InChI=1S/C6H9N3O2/c1-4-3-5(8-7-4)6(10)9-11-2/h3H,1-2H3,(H,7,8)(H,9,10). The molecule has 1 amide bonds. The summed E-state index contributed by atoms with van der Waals surface area (Å²) in [5.74, 6) is -0.350. The molecule has 0 aliphatic carbocycles. The maximum absolute atomic E-state index is 10.9. The fraction of sp³-hybridized carbons (Fsp3) is 0.333. The van der Waals surface area contributed by atoms with E-state index in [1.807, 2.05) is 6.92 Å². The topological polar surface area (TPSA) is 67.0 Å². The van der Waals surface area contributed by atoms with E-state index in [-0.39, 0.29) is 5.91 Å². The molecule has 0 aromatic carbocycles. The van der Waals surface area contributed by atoms with Crippen molar-refractivity contribution in [3.05, 3.63) is 17.5 Å². The monoisotopic (exact) mass is 155 g/mol. The predicted molar refractivity (Wildman–Crippen MR) is 37.8 cm³/mol. The quantitative estimate of drug-likeness (QED) is 0.591. The molecular weight excluding hydrogens is 146 g/mol. The summed E-state index contributed by atoms with van der Waals surface area (Å²) >= 11 is 0. The Morgan fingerprint density at radius 1 is 1.82 bits per heavy atom. The van der Waals surface area contributed by atoms with E-state index in [0.29, 0.717) is 5.69 Å². The van der Waals surface area contributed by atoms with Crippen LogP contribution in [-0.4, -0.2) is 23.2 Å². The number of nitrogens with one attached hydrogen (secondary N) is 2. The van der Waals surface area contributed by atoms with Gasteiger partial charge in [0.05, 0.1) is 7.11 Å². The van der Waals surface area contributed by atoms with Gasteiger partial charge in [-0.2, -0.15) is 5.10 Å². The number of rotatable bonds is 2. The first-order valence-corrected chi connectivity index (χ1v) is 3.09. The van der Waals surface area contributed by atoms with Gasteiger partial charge in [0.15, 0.2) is 5.69 Å². The third-order valence-electron chi connectivity index (χ3n) is 1.13. The Bertz CT molecular complexity index is 256. The van der Waals surface area contributed by atoms with Gasteiger partial charge in [0.25, 0.3) is 5.91 Å². The Morgan fingerprint density at radius 2 is 2.55 bits per heavy atom. The van der Waals surface area contributed by atoms with E-state index in [1.165, 1.54) is 7.11 Å². The zero-order chi connectivity index (χ0) is 8.27. The van der Waals surface area contributed by atoms with Gasteiger partial charge in [-0.3, -0.25) is 14.7 Å². The van der Waals surface area contributed by atoms with Crippen LogP contribution in [-0.2, 0) is 4.84 Å². The van der Waals surface area contributed by atoms with Crippen LogP contribution in [0.2, 0.25) is 0 Å². The first-order chi connectivity index (χ1) is 5.24. The molecule has 1 rings (SSSR count). The Labute approximate surface area is 63.7 Å². The molecule has 60 valence electrons. The lowest BCUT2D eigenvalue weighted by atomic mass is 10.4. The number of carbonyl (C=O) groups excluding carboxylic acids is 1. The molecular formula is C6H9N3O2. The molecule has 0 radical (unpaired) electrons. The minimum atomic E-state index is -0.350. The summed E-state index contributed by atoms with van der Waals surface area (Å²) in [4.78, 5) is 15.4. The second-order valence-electron chi connectivity index (χ2n) is 2.07. The van der Waals surface area contributed by atoms with E-state index in [9.17, 15) is 4.79 Å². The molecule has 0 bridgehead atoms. The van der Waals surface area contributed by atoms with Crippen molar-refractivity contribution in [3.63, 3.8) is 0 Å². The fourth-order valence-electron chi connectivity index (χ4n) is 0.679. The third-order valence-corrected chi connectivity index (χ3v) is 1.13. The summed E-state index contributed by atoms with van der Waals surface area (Å²) in [6.07, 6.45) is 0. The van der Waals surface area contributed by atoms with Gasteiger partial charge in [-0.15, -0.1) is 0 Å². The average molecular weight is 155 g/mol. The molecule has 0 spiro atoms. The highest BCUT2D eigenvalue weighted by Gasteiger charge is 2.06. The Kier molecular flexibility index (Phi) is 2.22. The zero-order valence-corrected chi connectivity index (χ0v) is 6.34. The minimum absolute atomic E-state index is 0.323. The van der Waals surface area contributed by atoms with Gasteiger partial charge in [-0.05, 0) is 13.0 Å². The predicted octanol–water partition coefficient (Wildman–Crippen LogP) is 0.00932. The van der Waals surface area contributed by atoms with Crippen LogP contribution in [0.1, 0.15) is 16.2 Å². The van der Waals surface area contributed by atoms with Crippen LogP contribution < -0.4 is 5.48 Å². The number of carbonyl (C=O) groups is 1. The number of hydrogen-bond acceptors (Lipinski definition) is 3. The number of hydroxylamine groups is 1. The number of nitrogens with zero attached hydrogens (tertiary/aromatic N) is 1. The highest BCUT2D eigenvalue weighted by Crippen LogP contribution is 1.96. The highest BCUT2D eigenvalue weighted by molar-refractivity contribution is 5.91. The second kappa shape index (κ2) is 3.16. The normalized spacial score (nSPS) is 9.64. The van der Waals surface area contributed by atoms with E-state index < -0.39 is 0 Å². The molecule has 0 atom stereocenters. The van der Waals surface area contributed by atoms with Crippen molar-refractivity contribution in [1.29, 1.82) is 0 Å². The SMILES string of the molecule is CONC(=O)c1cc(C)[nH]n1. The van der Waals surface area contributed by atoms with Crippen LogP contribution in [0.15, 0.2) is 6.07 Å². The first kappa shape index (κ1) is 7.74. The zero-order valence-electron chi connectivity index (χ0n) is 6.34. The average Bonchev–Trinajstić information content (AvgIpc) is 2.36. The van der Waals surface area contributed by atoms with Gasteiger partial charge < -0.3 is 0 Å². The van der Waals surface area contributed by atoms with Crippen LogP contribution in [0, 0.1) is 6.92 Å². The van der Waals surface area contributed by atoms with Crippen LogP contribution in [0.5, 0.6) is 0 Å². The van der Waals surface area contributed by atoms with Crippen molar-refractivity contribution in [2.75, 3.05) is 7.11 Å².